The first-order chi connectivity index (χ1) is 34.0. The molecule has 2 amide bonds. The van der Waals surface area contributed by atoms with Gasteiger partial charge in [-0.05, 0) is 130 Å². The number of benzene rings is 4. The minimum Gasteiger partial charge on any atom is -0.481 e. The summed E-state index contributed by atoms with van der Waals surface area (Å²) in [5.41, 5.74) is 1.63. The predicted molar refractivity (Wildman–Crippen MR) is 298 cm³/mol. The van der Waals surface area contributed by atoms with Crippen LogP contribution in [0.5, 0.6) is 0 Å². The smallest absolute Gasteiger partial charge is 0.304 e. The van der Waals surface area contributed by atoms with Crippen LogP contribution in [-0.4, -0.2) is 83.6 Å². The summed E-state index contributed by atoms with van der Waals surface area (Å²) in [6.07, 6.45) is 2.76. The molecule has 398 valence electrons. The second-order valence-corrected chi connectivity index (χ2v) is 28.7. The number of hydrogen-bond acceptors (Lipinski definition) is 7. The summed E-state index contributed by atoms with van der Waals surface area (Å²) < 4.78 is 52.7. The van der Waals surface area contributed by atoms with Crippen molar-refractivity contribution in [2.75, 3.05) is 11.5 Å². The lowest BCUT2D eigenvalue weighted by Gasteiger charge is -2.53. The summed E-state index contributed by atoms with van der Waals surface area (Å²) in [5.74, 6) is -2.51. The highest BCUT2D eigenvalue weighted by Crippen LogP contribution is 2.54. The lowest BCUT2D eigenvalue weighted by molar-refractivity contribution is -0.161. The van der Waals surface area contributed by atoms with Gasteiger partial charge in [-0.3, -0.25) is 14.4 Å². The molecule has 4 aromatic rings. The average molecular weight is 1120 g/mol. The molecule has 0 spiro atoms. The molecule has 2 aliphatic rings. The highest BCUT2D eigenvalue weighted by molar-refractivity contribution is 7.92. The zero-order valence-electron chi connectivity index (χ0n) is 43.6. The minimum atomic E-state index is -3.53. The predicted octanol–water partition coefficient (Wildman–Crippen LogP) is 13.9. The van der Waals surface area contributed by atoms with Gasteiger partial charge in [0.1, 0.15) is 0 Å². The van der Waals surface area contributed by atoms with E-state index in [2.05, 4.69) is 6.58 Å². The molecular formula is C57H72Cl4N2O8S2. The molecule has 1 N–H and O–H groups in total. The Morgan fingerprint density at radius 2 is 0.959 bits per heavy atom. The number of halogens is 4. The molecular weight excluding hydrogens is 1050 g/mol. The summed E-state index contributed by atoms with van der Waals surface area (Å²) in [5, 5.41) is 10.9. The van der Waals surface area contributed by atoms with Crippen LogP contribution in [0.3, 0.4) is 0 Å². The van der Waals surface area contributed by atoms with Gasteiger partial charge in [0.2, 0.25) is 11.8 Å². The van der Waals surface area contributed by atoms with Crippen LogP contribution >= 0.6 is 46.4 Å². The number of sulfone groups is 2. The van der Waals surface area contributed by atoms with Crippen LogP contribution in [0, 0.1) is 22.7 Å². The number of carboxylic acid groups (broad SMARTS) is 1. The zero-order valence-corrected chi connectivity index (χ0v) is 48.2. The molecule has 4 aromatic carbocycles. The fourth-order valence-corrected chi connectivity index (χ4v) is 14.0. The van der Waals surface area contributed by atoms with Crippen molar-refractivity contribution < 1.29 is 36.3 Å². The Morgan fingerprint density at radius 1 is 0.603 bits per heavy atom. The summed E-state index contributed by atoms with van der Waals surface area (Å²) >= 11 is 25.2. The Morgan fingerprint density at radius 3 is 1.27 bits per heavy atom. The van der Waals surface area contributed by atoms with Crippen molar-refractivity contribution in [2.45, 2.75) is 141 Å². The molecule has 0 aliphatic carbocycles. The molecule has 0 unspecified atom stereocenters. The molecule has 2 heterocycles. The standard InChI is InChI=1S/C29H37Cl2NO3S.C28H35Cl2NO5S/c1-7-15-29(6)17-25(22-9-8-10-24(31)16-22)27(21-11-13-23(30)14-12-21)32(28(29)33)26(19(2)3)18-36(34,35)20(4)5;1-17(2)24(16-37(35,36)18(3)4)31-26(19-9-11-21(29)12-10-19)23(20-7-6-8-22(30)13-20)14-28(5,27(31)34)15-25(32)33/h7-14,16,19-20,25-27H,1,15,17-18H2,2-6H3;6-13,17-18,23-24,26H,14-16H2,1-5H3,(H,32,33)/t25-,26-,27-,29+;23-,24-,26-,28-/m11/s1. The van der Waals surface area contributed by atoms with Crippen LogP contribution in [0.15, 0.2) is 110 Å². The number of amides is 2. The van der Waals surface area contributed by atoms with Crippen LogP contribution in [0.2, 0.25) is 20.1 Å². The molecule has 8 atom stereocenters. The molecule has 2 aliphatic heterocycles. The van der Waals surface area contributed by atoms with E-state index >= 15 is 0 Å². The maximum absolute atomic E-state index is 14.4. The second kappa shape index (κ2) is 24.4. The van der Waals surface area contributed by atoms with Gasteiger partial charge in [-0.1, -0.05) is 143 Å². The summed E-state index contributed by atoms with van der Waals surface area (Å²) in [7, 11) is -6.95. The van der Waals surface area contributed by atoms with E-state index < -0.39 is 65.1 Å². The highest BCUT2D eigenvalue weighted by Gasteiger charge is 2.54. The lowest BCUT2D eigenvalue weighted by atomic mass is 9.66. The lowest BCUT2D eigenvalue weighted by Crippen LogP contribution is -2.59. The van der Waals surface area contributed by atoms with E-state index in [0.717, 1.165) is 22.3 Å². The van der Waals surface area contributed by atoms with Gasteiger partial charge in [0.15, 0.2) is 19.7 Å². The molecule has 0 saturated carbocycles. The third-order valence-corrected chi connectivity index (χ3v) is 20.3. The van der Waals surface area contributed by atoms with E-state index in [9.17, 15) is 36.3 Å². The quantitative estimate of drug-likeness (QED) is 0.0969. The van der Waals surface area contributed by atoms with Gasteiger partial charge in [-0.25, -0.2) is 16.8 Å². The SMILES string of the molecule is C=CC[C@@]1(C)C[C@H](c2cccc(Cl)c2)[C@@H](c2ccc(Cl)cc2)N([C@H](CS(=O)(=O)C(C)C)C(C)C)C1=O.CC(C)[C@@H](CS(=O)(=O)C(C)C)N1C(=O)[C@@](C)(CC(=O)O)C[C@H](c2cccc(Cl)c2)[C@H]1c1ccc(Cl)cc1. The first-order valence-electron chi connectivity index (χ1n) is 24.9. The number of carboxylic acids is 1. The van der Waals surface area contributed by atoms with Gasteiger partial charge in [0.25, 0.3) is 0 Å². The molecule has 0 bridgehead atoms. The van der Waals surface area contributed by atoms with Gasteiger partial charge in [-0.15, -0.1) is 6.58 Å². The number of carbonyl (C=O) groups excluding carboxylic acids is 2. The molecule has 2 fully saturated rings. The Bertz CT molecular complexity index is 2820. The van der Waals surface area contributed by atoms with Gasteiger partial charge >= 0.3 is 5.97 Å². The van der Waals surface area contributed by atoms with Gasteiger partial charge < -0.3 is 14.9 Å². The number of likely N-dealkylation sites (tertiary alicyclic amines) is 2. The summed E-state index contributed by atoms with van der Waals surface area (Å²) in [6.45, 7) is 22.0. The van der Waals surface area contributed by atoms with E-state index in [1.54, 1.807) is 63.8 Å². The third kappa shape index (κ3) is 14.1. The summed E-state index contributed by atoms with van der Waals surface area (Å²) in [6, 6.07) is 27.7. The molecule has 73 heavy (non-hydrogen) atoms. The van der Waals surface area contributed by atoms with E-state index in [4.69, 9.17) is 46.4 Å². The summed E-state index contributed by atoms with van der Waals surface area (Å²) in [4.78, 5) is 44.1. The van der Waals surface area contributed by atoms with Crippen molar-refractivity contribution >= 4 is 83.9 Å². The fraction of sp³-hybridized carbons (Fsp3) is 0.491. The van der Waals surface area contributed by atoms with Crippen LogP contribution in [0.1, 0.15) is 141 Å². The van der Waals surface area contributed by atoms with Crippen molar-refractivity contribution in [3.8, 4) is 0 Å². The first kappa shape index (κ1) is 60.0. The largest absolute Gasteiger partial charge is 0.481 e. The van der Waals surface area contributed by atoms with Crippen molar-refractivity contribution in [3.63, 3.8) is 0 Å². The maximum Gasteiger partial charge on any atom is 0.304 e. The first-order valence-corrected chi connectivity index (χ1v) is 29.8. The van der Waals surface area contributed by atoms with Crippen LogP contribution < -0.4 is 0 Å². The number of rotatable bonds is 18. The highest BCUT2D eigenvalue weighted by atomic mass is 35.5. The van der Waals surface area contributed by atoms with E-state index in [-0.39, 0.29) is 65.9 Å². The Kier molecular flexibility index (Phi) is 20.0. The number of piperidine rings is 2. The van der Waals surface area contributed by atoms with Gasteiger partial charge in [-0.2, -0.15) is 0 Å². The molecule has 16 heteroatoms. The molecule has 2 saturated heterocycles. The molecule has 10 nitrogen and oxygen atoms in total. The van der Waals surface area contributed by atoms with Crippen molar-refractivity contribution in [2.24, 2.45) is 22.7 Å². The average Bonchev–Trinajstić information content (AvgIpc) is 3.30. The molecule has 0 radical (unpaired) electrons. The monoisotopic (exact) mass is 1120 g/mol. The number of nitrogens with zero attached hydrogens (tertiary/aromatic N) is 2. The Balaban J connectivity index is 0.000000271. The normalized spacial score (nSPS) is 23.6. The Hall–Kier alpha value is -3.91. The van der Waals surface area contributed by atoms with Crippen molar-refractivity contribution in [1.29, 1.82) is 0 Å². The van der Waals surface area contributed by atoms with E-state index in [1.165, 1.54) is 0 Å². The van der Waals surface area contributed by atoms with Crippen molar-refractivity contribution in [1.82, 2.24) is 9.80 Å². The minimum absolute atomic E-state index is 0.0433. The third-order valence-electron chi connectivity index (χ3n) is 14.8. The van der Waals surface area contributed by atoms with E-state index in [0.29, 0.717) is 32.9 Å². The van der Waals surface area contributed by atoms with Crippen molar-refractivity contribution in [3.05, 3.63) is 152 Å². The van der Waals surface area contributed by atoms with Crippen LogP contribution in [-0.2, 0) is 34.1 Å². The molecule has 0 aromatic heterocycles. The second-order valence-electron chi connectivity index (χ2n) is 21.7. The topological polar surface area (TPSA) is 146 Å². The van der Waals surface area contributed by atoms with Gasteiger partial charge in [0, 0.05) is 44.0 Å². The van der Waals surface area contributed by atoms with Crippen LogP contribution in [0.4, 0.5) is 0 Å². The maximum atomic E-state index is 14.4. The molecule has 6 rings (SSSR count). The fourth-order valence-electron chi connectivity index (χ4n) is 10.5. The zero-order chi connectivity index (χ0) is 54.5. The Labute approximate surface area is 454 Å². The van der Waals surface area contributed by atoms with Gasteiger partial charge in [0.05, 0.1) is 51.3 Å². The number of allylic oxidation sites excluding steroid dienone is 1. The number of hydrogen-bond donors (Lipinski definition) is 1. The number of aliphatic carboxylic acids is 1. The van der Waals surface area contributed by atoms with Crippen LogP contribution in [0.25, 0.3) is 0 Å². The van der Waals surface area contributed by atoms with E-state index in [1.807, 2.05) is 118 Å². The number of carbonyl (C=O) groups is 3.